The number of alkyl halides is 3. The van der Waals surface area contributed by atoms with E-state index in [1.807, 2.05) is 0 Å². The summed E-state index contributed by atoms with van der Waals surface area (Å²) in [6.07, 6.45) is -5.24. The minimum atomic E-state index is -4.23. The molecule has 2 N–H and O–H groups in total. The molecule has 0 fully saturated rings. The summed E-state index contributed by atoms with van der Waals surface area (Å²) in [5.74, 6) is 0. The van der Waals surface area contributed by atoms with Gasteiger partial charge in [-0.15, -0.1) is 11.3 Å². The molecule has 0 aliphatic carbocycles. The van der Waals surface area contributed by atoms with Crippen LogP contribution in [0.3, 0.4) is 0 Å². The fourth-order valence-electron chi connectivity index (χ4n) is 0.873. The Morgan fingerprint density at radius 3 is 2.54 bits per heavy atom. The van der Waals surface area contributed by atoms with Gasteiger partial charge < -0.3 is 5.73 Å². The lowest BCUT2D eigenvalue weighted by molar-refractivity contribution is -0.138. The average molecular weight is 230 g/mol. The lowest BCUT2D eigenvalue weighted by atomic mass is 10.2. The van der Waals surface area contributed by atoms with Crippen molar-refractivity contribution in [1.82, 2.24) is 0 Å². The Bertz CT molecular complexity index is 284. The molecule has 0 radical (unpaired) electrons. The van der Waals surface area contributed by atoms with E-state index < -0.39 is 18.6 Å². The molecule has 0 aliphatic heterocycles. The van der Waals surface area contributed by atoms with Crippen molar-refractivity contribution >= 4 is 22.9 Å². The van der Waals surface area contributed by atoms with Crippen LogP contribution in [0.2, 0.25) is 5.02 Å². The summed E-state index contributed by atoms with van der Waals surface area (Å²) < 4.78 is 35.7. The Morgan fingerprint density at radius 2 is 2.15 bits per heavy atom. The summed E-state index contributed by atoms with van der Waals surface area (Å²) in [6, 6.07) is 0.459. The highest BCUT2D eigenvalue weighted by atomic mass is 35.5. The molecule has 1 heterocycles. The molecule has 1 nitrogen and oxygen atoms in total. The van der Waals surface area contributed by atoms with Crippen LogP contribution in [0, 0.1) is 0 Å². The molecule has 0 aliphatic rings. The van der Waals surface area contributed by atoms with Gasteiger partial charge in [0.2, 0.25) is 0 Å². The van der Waals surface area contributed by atoms with Crippen molar-refractivity contribution in [2.75, 3.05) is 0 Å². The Hall–Kier alpha value is -0.260. The molecule has 6 heteroatoms. The first kappa shape index (κ1) is 10.8. The van der Waals surface area contributed by atoms with Crippen molar-refractivity contribution in [2.24, 2.45) is 5.73 Å². The largest absolute Gasteiger partial charge is 0.390 e. The summed E-state index contributed by atoms with van der Waals surface area (Å²) in [6.45, 7) is 0. The first-order valence-electron chi connectivity index (χ1n) is 3.45. The van der Waals surface area contributed by atoms with Gasteiger partial charge in [0, 0.05) is 16.3 Å². The van der Waals surface area contributed by atoms with Crippen LogP contribution < -0.4 is 5.73 Å². The first-order valence-corrected chi connectivity index (χ1v) is 4.70. The molecular weight excluding hydrogens is 223 g/mol. The van der Waals surface area contributed by atoms with Gasteiger partial charge in [0.25, 0.3) is 0 Å². The van der Waals surface area contributed by atoms with E-state index in [9.17, 15) is 13.2 Å². The van der Waals surface area contributed by atoms with E-state index in [4.69, 9.17) is 17.3 Å². The maximum absolute atomic E-state index is 11.9. The number of hydrogen-bond acceptors (Lipinski definition) is 2. The zero-order chi connectivity index (χ0) is 10.1. The van der Waals surface area contributed by atoms with Crippen molar-refractivity contribution in [1.29, 1.82) is 0 Å². The van der Waals surface area contributed by atoms with Crippen molar-refractivity contribution in [3.63, 3.8) is 0 Å². The van der Waals surface area contributed by atoms with Crippen LogP contribution in [-0.2, 0) is 0 Å². The summed E-state index contributed by atoms with van der Waals surface area (Å²) in [4.78, 5) is 0.460. The van der Waals surface area contributed by atoms with E-state index in [-0.39, 0.29) is 0 Å². The second-order valence-electron chi connectivity index (χ2n) is 2.59. The van der Waals surface area contributed by atoms with Gasteiger partial charge in [0.05, 0.1) is 11.4 Å². The smallest absolute Gasteiger partial charge is 0.323 e. The Balaban J connectivity index is 2.64. The van der Waals surface area contributed by atoms with Crippen LogP contribution in [0.1, 0.15) is 17.3 Å². The fraction of sp³-hybridized carbons (Fsp3) is 0.429. The normalized spacial score (nSPS) is 14.5. The second kappa shape index (κ2) is 3.86. The Kier molecular flexibility index (Phi) is 3.21. The number of halogens is 4. The standard InChI is InChI=1S/C7H7ClF3NS/c8-4-1-6(13-3-4)5(12)2-7(9,10)11/h1,3,5H,2,12H2. The predicted octanol–water partition coefficient (Wildman–Crippen LogP) is 3.35. The predicted molar refractivity (Wildman–Crippen MR) is 46.9 cm³/mol. The van der Waals surface area contributed by atoms with Crippen molar-refractivity contribution in [2.45, 2.75) is 18.6 Å². The summed E-state index contributed by atoms with van der Waals surface area (Å²) >= 11 is 6.69. The minimum absolute atomic E-state index is 0.428. The fourth-order valence-corrected chi connectivity index (χ4v) is 1.96. The molecule has 0 saturated carbocycles. The van der Waals surface area contributed by atoms with E-state index in [2.05, 4.69) is 0 Å². The molecule has 0 aromatic carbocycles. The molecule has 74 valence electrons. The van der Waals surface area contributed by atoms with Gasteiger partial charge in [-0.2, -0.15) is 13.2 Å². The molecule has 1 atom stereocenters. The van der Waals surface area contributed by atoms with Crippen LogP contribution in [-0.4, -0.2) is 6.18 Å². The van der Waals surface area contributed by atoms with Crippen LogP contribution in [0.15, 0.2) is 11.4 Å². The maximum Gasteiger partial charge on any atom is 0.390 e. The maximum atomic E-state index is 11.9. The van der Waals surface area contributed by atoms with E-state index in [0.29, 0.717) is 9.90 Å². The Labute approximate surface area is 82.3 Å². The zero-order valence-corrected chi connectivity index (χ0v) is 8.01. The molecule has 0 saturated heterocycles. The van der Waals surface area contributed by atoms with Crippen LogP contribution >= 0.6 is 22.9 Å². The number of rotatable bonds is 2. The van der Waals surface area contributed by atoms with Gasteiger partial charge in [-0.05, 0) is 6.07 Å². The highest BCUT2D eigenvalue weighted by Gasteiger charge is 2.31. The highest BCUT2D eigenvalue weighted by Crippen LogP contribution is 2.31. The summed E-state index contributed by atoms with van der Waals surface area (Å²) in [5, 5.41) is 1.99. The highest BCUT2D eigenvalue weighted by molar-refractivity contribution is 7.10. The van der Waals surface area contributed by atoms with Crippen molar-refractivity contribution in [3.05, 3.63) is 21.3 Å². The van der Waals surface area contributed by atoms with Gasteiger partial charge in [-0.25, -0.2) is 0 Å². The molecule has 1 rings (SSSR count). The quantitative estimate of drug-likeness (QED) is 0.827. The zero-order valence-electron chi connectivity index (χ0n) is 6.44. The molecule has 13 heavy (non-hydrogen) atoms. The van der Waals surface area contributed by atoms with Crippen LogP contribution in [0.4, 0.5) is 13.2 Å². The van der Waals surface area contributed by atoms with Gasteiger partial charge >= 0.3 is 6.18 Å². The average Bonchev–Trinajstić information content (AvgIpc) is 2.31. The molecule has 1 aromatic heterocycles. The van der Waals surface area contributed by atoms with Crippen molar-refractivity contribution in [3.8, 4) is 0 Å². The Morgan fingerprint density at radius 1 is 1.54 bits per heavy atom. The minimum Gasteiger partial charge on any atom is -0.323 e. The van der Waals surface area contributed by atoms with Gasteiger partial charge in [-0.3, -0.25) is 0 Å². The molecule has 0 spiro atoms. The molecule has 0 amide bonds. The first-order chi connectivity index (χ1) is 5.88. The van der Waals surface area contributed by atoms with E-state index in [0.717, 1.165) is 11.3 Å². The topological polar surface area (TPSA) is 26.0 Å². The molecule has 1 aromatic rings. The summed E-state index contributed by atoms with van der Waals surface area (Å²) in [5.41, 5.74) is 5.33. The number of nitrogens with two attached hydrogens (primary N) is 1. The monoisotopic (exact) mass is 229 g/mol. The number of thiophene rings is 1. The molecular formula is C7H7ClF3NS. The summed E-state index contributed by atoms with van der Waals surface area (Å²) in [7, 11) is 0. The lowest BCUT2D eigenvalue weighted by Gasteiger charge is -2.11. The van der Waals surface area contributed by atoms with Crippen molar-refractivity contribution < 1.29 is 13.2 Å². The SMILES string of the molecule is NC(CC(F)(F)F)c1cc(Cl)cs1. The number of hydrogen-bond donors (Lipinski definition) is 1. The van der Waals surface area contributed by atoms with Crippen LogP contribution in [0.5, 0.6) is 0 Å². The van der Waals surface area contributed by atoms with Gasteiger partial charge in [-0.1, -0.05) is 11.6 Å². The second-order valence-corrected chi connectivity index (χ2v) is 3.97. The third-order valence-corrected chi connectivity index (χ3v) is 2.82. The van der Waals surface area contributed by atoms with Gasteiger partial charge in [0.15, 0.2) is 0 Å². The van der Waals surface area contributed by atoms with E-state index >= 15 is 0 Å². The van der Waals surface area contributed by atoms with Gasteiger partial charge in [0.1, 0.15) is 0 Å². The molecule has 1 unspecified atom stereocenters. The third kappa shape index (κ3) is 3.54. The van der Waals surface area contributed by atoms with E-state index in [1.54, 1.807) is 5.38 Å². The van der Waals surface area contributed by atoms with E-state index in [1.165, 1.54) is 6.07 Å². The third-order valence-electron chi connectivity index (χ3n) is 1.40. The van der Waals surface area contributed by atoms with Crippen LogP contribution in [0.25, 0.3) is 0 Å². The molecule has 0 bridgehead atoms. The lowest BCUT2D eigenvalue weighted by Crippen LogP contribution is -2.19.